The molecule has 142 valence electrons. The summed E-state index contributed by atoms with van der Waals surface area (Å²) in [7, 11) is 0. The number of aliphatic hydroxyl groups excluding tert-OH is 2. The van der Waals surface area contributed by atoms with Crippen molar-refractivity contribution < 1.29 is 19.7 Å². The van der Waals surface area contributed by atoms with Crippen molar-refractivity contribution in [1.82, 2.24) is 4.90 Å². The standard InChI is InChI=1S/C21H29NO4/c1-2-26-21(25)22-19-13-6-7-14-20(22)18(12-8-10-16-24)17(19)11-5-3-4-9-15-23/h6-7,13-14,19-20,23-24H,2-4,8-10,12,15-16H2,1H3. The van der Waals surface area contributed by atoms with E-state index in [9.17, 15) is 4.79 Å². The predicted octanol–water partition coefficient (Wildman–Crippen LogP) is 2.95. The highest BCUT2D eigenvalue weighted by molar-refractivity contribution is 5.74. The van der Waals surface area contributed by atoms with E-state index in [0.717, 1.165) is 49.7 Å². The van der Waals surface area contributed by atoms with Gasteiger partial charge in [0.2, 0.25) is 0 Å². The van der Waals surface area contributed by atoms with Crippen LogP contribution in [-0.4, -0.2) is 53.1 Å². The van der Waals surface area contributed by atoms with Gasteiger partial charge in [-0.05, 0) is 44.6 Å². The Morgan fingerprint density at radius 1 is 1.12 bits per heavy atom. The normalized spacial score (nSPS) is 20.8. The van der Waals surface area contributed by atoms with Gasteiger partial charge in [-0.3, -0.25) is 4.90 Å². The average molecular weight is 359 g/mol. The lowest BCUT2D eigenvalue weighted by Gasteiger charge is -2.27. The van der Waals surface area contributed by atoms with Gasteiger partial charge < -0.3 is 14.9 Å². The fourth-order valence-electron chi connectivity index (χ4n) is 3.34. The lowest BCUT2D eigenvalue weighted by molar-refractivity contribution is 0.102. The van der Waals surface area contributed by atoms with Crippen LogP contribution >= 0.6 is 0 Å². The zero-order valence-electron chi connectivity index (χ0n) is 15.5. The smallest absolute Gasteiger partial charge is 0.411 e. The van der Waals surface area contributed by atoms with Gasteiger partial charge in [-0.15, -0.1) is 0 Å². The van der Waals surface area contributed by atoms with Crippen LogP contribution in [0.2, 0.25) is 0 Å². The van der Waals surface area contributed by atoms with Gasteiger partial charge in [0.25, 0.3) is 0 Å². The molecular weight excluding hydrogens is 330 g/mol. The zero-order chi connectivity index (χ0) is 18.8. The molecule has 0 aromatic carbocycles. The van der Waals surface area contributed by atoms with Crippen molar-refractivity contribution in [2.45, 2.75) is 57.5 Å². The predicted molar refractivity (Wildman–Crippen MR) is 101 cm³/mol. The summed E-state index contributed by atoms with van der Waals surface area (Å²) < 4.78 is 5.27. The molecule has 0 saturated carbocycles. The van der Waals surface area contributed by atoms with Crippen molar-refractivity contribution in [2.24, 2.45) is 0 Å². The highest BCUT2D eigenvalue weighted by Gasteiger charge is 2.41. The third-order valence-electron chi connectivity index (χ3n) is 4.56. The maximum atomic E-state index is 12.5. The molecule has 2 rings (SSSR count). The number of fused-ring (bicyclic) bond motifs is 2. The molecule has 0 fully saturated rings. The van der Waals surface area contributed by atoms with Gasteiger partial charge in [0, 0.05) is 25.2 Å². The third-order valence-corrected chi connectivity index (χ3v) is 4.56. The van der Waals surface area contributed by atoms with E-state index < -0.39 is 0 Å². The first kappa shape index (κ1) is 20.3. The summed E-state index contributed by atoms with van der Waals surface area (Å²) in [6.45, 7) is 2.50. The Morgan fingerprint density at radius 2 is 1.81 bits per heavy atom. The molecular formula is C21H29NO4. The quantitative estimate of drug-likeness (QED) is 0.516. The summed E-state index contributed by atoms with van der Waals surface area (Å²) in [6.07, 6.45) is 12.3. The van der Waals surface area contributed by atoms with Crippen molar-refractivity contribution in [3.8, 4) is 11.8 Å². The fourth-order valence-corrected chi connectivity index (χ4v) is 3.34. The van der Waals surface area contributed by atoms with Crippen LogP contribution < -0.4 is 0 Å². The SMILES string of the molecule is CCOC(=O)N1C2C=CC=CC1C(CCCCO)=C2C#CCCCCO. The van der Waals surface area contributed by atoms with Crippen molar-refractivity contribution in [1.29, 1.82) is 0 Å². The molecule has 0 aromatic heterocycles. The van der Waals surface area contributed by atoms with E-state index in [1.54, 1.807) is 11.8 Å². The first-order chi connectivity index (χ1) is 12.7. The van der Waals surface area contributed by atoms with Crippen LogP contribution in [0.15, 0.2) is 35.5 Å². The number of ether oxygens (including phenoxy) is 1. The van der Waals surface area contributed by atoms with Crippen LogP contribution in [0, 0.1) is 11.8 Å². The lowest BCUT2D eigenvalue weighted by Crippen LogP contribution is -2.41. The Labute approximate surface area is 156 Å². The van der Waals surface area contributed by atoms with Crippen molar-refractivity contribution >= 4 is 6.09 Å². The van der Waals surface area contributed by atoms with E-state index in [4.69, 9.17) is 14.9 Å². The first-order valence-electron chi connectivity index (χ1n) is 9.48. The number of carbonyl (C=O) groups excluding carboxylic acids is 1. The first-order valence-corrected chi connectivity index (χ1v) is 9.48. The summed E-state index contributed by atoms with van der Waals surface area (Å²) in [4.78, 5) is 14.3. The maximum Gasteiger partial charge on any atom is 0.411 e. The molecule has 26 heavy (non-hydrogen) atoms. The zero-order valence-corrected chi connectivity index (χ0v) is 15.5. The molecule has 2 bridgehead atoms. The van der Waals surface area contributed by atoms with Gasteiger partial charge in [-0.25, -0.2) is 4.79 Å². The number of nitrogens with zero attached hydrogens (tertiary/aromatic N) is 1. The van der Waals surface area contributed by atoms with Crippen LogP contribution in [0.25, 0.3) is 0 Å². The average Bonchev–Trinajstić information content (AvgIpc) is 2.77. The van der Waals surface area contributed by atoms with Crippen LogP contribution in [0.4, 0.5) is 4.79 Å². The van der Waals surface area contributed by atoms with Gasteiger partial charge in [-0.1, -0.05) is 36.1 Å². The molecule has 5 heteroatoms. The van der Waals surface area contributed by atoms with Gasteiger partial charge in [-0.2, -0.15) is 0 Å². The number of unbranched alkanes of at least 4 members (excludes halogenated alkanes) is 3. The Bertz CT molecular complexity index is 624. The Balaban J connectivity index is 2.28. The number of hydrogen-bond donors (Lipinski definition) is 2. The molecule has 0 saturated heterocycles. The number of allylic oxidation sites excluding steroid dienone is 2. The van der Waals surface area contributed by atoms with E-state index in [0.29, 0.717) is 6.61 Å². The highest BCUT2D eigenvalue weighted by atomic mass is 16.6. The topological polar surface area (TPSA) is 70.0 Å². The molecule has 2 atom stereocenters. The Morgan fingerprint density at radius 3 is 2.50 bits per heavy atom. The molecule has 2 unspecified atom stereocenters. The molecule has 0 aromatic rings. The molecule has 2 N–H and O–H groups in total. The van der Waals surface area contributed by atoms with E-state index in [-0.39, 0.29) is 31.4 Å². The van der Waals surface area contributed by atoms with Gasteiger partial charge >= 0.3 is 6.09 Å². The highest BCUT2D eigenvalue weighted by Crippen LogP contribution is 2.36. The van der Waals surface area contributed by atoms with Crippen molar-refractivity contribution in [2.75, 3.05) is 19.8 Å². The fraction of sp³-hybridized carbons (Fsp3) is 0.571. The van der Waals surface area contributed by atoms with Crippen molar-refractivity contribution in [3.63, 3.8) is 0 Å². The molecule has 2 heterocycles. The van der Waals surface area contributed by atoms with E-state index in [1.165, 1.54) is 0 Å². The molecule has 2 aliphatic rings. The maximum absolute atomic E-state index is 12.5. The molecule has 0 radical (unpaired) electrons. The number of hydrogen-bond acceptors (Lipinski definition) is 4. The molecule has 2 aliphatic heterocycles. The molecule has 0 spiro atoms. The van der Waals surface area contributed by atoms with E-state index >= 15 is 0 Å². The molecule has 1 amide bonds. The van der Waals surface area contributed by atoms with E-state index in [2.05, 4.69) is 11.8 Å². The number of carbonyl (C=O) groups is 1. The van der Waals surface area contributed by atoms with Crippen LogP contribution in [0.3, 0.4) is 0 Å². The number of aliphatic hydroxyl groups is 2. The molecule has 5 nitrogen and oxygen atoms in total. The van der Waals surface area contributed by atoms with Crippen LogP contribution in [0.5, 0.6) is 0 Å². The monoisotopic (exact) mass is 359 g/mol. The minimum atomic E-state index is -0.324. The summed E-state index contributed by atoms with van der Waals surface area (Å²) in [6, 6.07) is -0.349. The third kappa shape index (κ3) is 5.00. The van der Waals surface area contributed by atoms with Crippen LogP contribution in [0.1, 0.15) is 45.4 Å². The summed E-state index contributed by atoms with van der Waals surface area (Å²) in [5.41, 5.74) is 2.12. The minimum Gasteiger partial charge on any atom is -0.450 e. The summed E-state index contributed by atoms with van der Waals surface area (Å²) in [5.74, 6) is 6.50. The number of amides is 1. The second-order valence-electron chi connectivity index (χ2n) is 6.37. The van der Waals surface area contributed by atoms with Gasteiger partial charge in [0.05, 0.1) is 18.7 Å². The van der Waals surface area contributed by atoms with Crippen LogP contribution in [-0.2, 0) is 4.74 Å². The van der Waals surface area contributed by atoms with Gasteiger partial charge in [0.1, 0.15) is 0 Å². The second-order valence-corrected chi connectivity index (χ2v) is 6.37. The Kier molecular flexibility index (Phi) is 8.46. The summed E-state index contributed by atoms with van der Waals surface area (Å²) >= 11 is 0. The van der Waals surface area contributed by atoms with E-state index in [1.807, 2.05) is 24.3 Å². The minimum absolute atomic E-state index is 0.144. The van der Waals surface area contributed by atoms with Crippen molar-refractivity contribution in [3.05, 3.63) is 35.5 Å². The number of rotatable bonds is 8. The molecule has 0 aliphatic carbocycles. The Hall–Kier alpha value is -2.03. The lowest BCUT2D eigenvalue weighted by atomic mass is 9.95. The van der Waals surface area contributed by atoms with Gasteiger partial charge in [0.15, 0.2) is 0 Å². The second kappa shape index (κ2) is 10.8. The summed E-state index contributed by atoms with van der Waals surface area (Å²) in [5, 5.41) is 18.0. The largest absolute Gasteiger partial charge is 0.450 e.